The van der Waals surface area contributed by atoms with Crippen molar-refractivity contribution < 1.29 is 57.4 Å². The third-order valence-corrected chi connectivity index (χ3v) is 9.67. The van der Waals surface area contributed by atoms with Crippen molar-refractivity contribution in [3.05, 3.63) is 47.5 Å². The predicted molar refractivity (Wildman–Crippen MR) is 211 cm³/mol. The first-order chi connectivity index (χ1) is 26.3. The maximum absolute atomic E-state index is 12.1. The zero-order valence-electron chi connectivity index (χ0n) is 34.7. The van der Waals surface area contributed by atoms with Gasteiger partial charge in [0.2, 0.25) is 0 Å². The molecule has 2 aromatic rings. The van der Waals surface area contributed by atoms with E-state index in [1.165, 1.54) is 73.7 Å². The molecular formula is C43H66O12. The second-order valence-electron chi connectivity index (χ2n) is 13.9. The number of aryl methyl sites for hydroxylation is 2. The van der Waals surface area contributed by atoms with Crippen molar-refractivity contribution in [1.29, 1.82) is 0 Å². The molecule has 0 heterocycles. The molecule has 1 unspecified atom stereocenters. The number of carboxylic acid groups (broad SMARTS) is 1. The van der Waals surface area contributed by atoms with Gasteiger partial charge in [0.1, 0.15) is 0 Å². The molecule has 0 spiro atoms. The minimum Gasteiger partial charge on any atom is -0.493 e. The molecule has 0 aromatic heterocycles. The van der Waals surface area contributed by atoms with Gasteiger partial charge in [-0.1, -0.05) is 77.3 Å². The lowest BCUT2D eigenvalue weighted by atomic mass is 9.84. The van der Waals surface area contributed by atoms with Gasteiger partial charge >= 0.3 is 23.9 Å². The van der Waals surface area contributed by atoms with Gasteiger partial charge in [0.05, 0.1) is 48.8 Å². The van der Waals surface area contributed by atoms with Gasteiger partial charge in [-0.15, -0.1) is 0 Å². The standard InChI is InChI=1S/C22H34O6.C21H32O6/c1-6-7-8-9-10-15-28-18-12-11-17(16-19(18)25-3)13-14-22(2,20(23)26-4)21(24)27-5;1-5-6-7-8-9-14-27-17-11-10-16(15-18(17)25-3)12-13-21(2,19(22)23)20(24)26-4/h11-12,16H,6-10,13-15H2,1-5H3;10-11,15H,5-9,12-14H2,1-4H3,(H,22,23). The van der Waals surface area contributed by atoms with Crippen molar-refractivity contribution in [3.63, 3.8) is 0 Å². The number of carboxylic acids is 1. The highest BCUT2D eigenvalue weighted by Crippen LogP contribution is 2.33. The maximum atomic E-state index is 12.1. The van der Waals surface area contributed by atoms with E-state index in [0.29, 0.717) is 49.1 Å². The summed E-state index contributed by atoms with van der Waals surface area (Å²) in [6.45, 7) is 8.60. The van der Waals surface area contributed by atoms with E-state index in [4.69, 9.17) is 28.4 Å². The highest BCUT2D eigenvalue weighted by atomic mass is 16.5. The average molecular weight is 775 g/mol. The Labute approximate surface area is 328 Å². The Kier molecular flexibility index (Phi) is 23.3. The smallest absolute Gasteiger partial charge is 0.322 e. The fourth-order valence-electron chi connectivity index (χ4n) is 5.80. The molecule has 0 fully saturated rings. The van der Waals surface area contributed by atoms with E-state index >= 15 is 0 Å². The normalized spacial score (nSPS) is 11.9. The molecule has 1 atom stereocenters. The quantitative estimate of drug-likeness (QED) is 0.0422. The molecule has 2 aromatic carbocycles. The number of esters is 3. The molecule has 0 saturated heterocycles. The number of hydrogen-bond acceptors (Lipinski definition) is 11. The van der Waals surface area contributed by atoms with Crippen molar-refractivity contribution in [3.8, 4) is 23.0 Å². The number of hydrogen-bond donors (Lipinski definition) is 1. The van der Waals surface area contributed by atoms with E-state index in [1.54, 1.807) is 14.2 Å². The molecule has 0 aliphatic carbocycles. The van der Waals surface area contributed by atoms with E-state index in [2.05, 4.69) is 18.6 Å². The van der Waals surface area contributed by atoms with Crippen LogP contribution in [0.3, 0.4) is 0 Å². The molecule has 0 saturated carbocycles. The van der Waals surface area contributed by atoms with E-state index < -0.39 is 34.7 Å². The average Bonchev–Trinajstić information content (AvgIpc) is 3.20. The van der Waals surface area contributed by atoms with E-state index in [9.17, 15) is 24.3 Å². The minimum absolute atomic E-state index is 0.135. The summed E-state index contributed by atoms with van der Waals surface area (Å²) in [5.41, 5.74) is -1.11. The first-order valence-corrected chi connectivity index (χ1v) is 19.4. The van der Waals surface area contributed by atoms with Crippen LogP contribution in [-0.2, 0) is 46.2 Å². The Morgan fingerprint density at radius 2 is 0.891 bits per heavy atom. The minimum atomic E-state index is -1.57. The summed E-state index contributed by atoms with van der Waals surface area (Å²) in [5, 5.41) is 9.39. The highest BCUT2D eigenvalue weighted by molar-refractivity contribution is 5.99. The van der Waals surface area contributed by atoms with Crippen molar-refractivity contribution in [2.75, 3.05) is 48.8 Å². The van der Waals surface area contributed by atoms with Crippen molar-refractivity contribution >= 4 is 23.9 Å². The van der Waals surface area contributed by atoms with Crippen LogP contribution >= 0.6 is 0 Å². The molecule has 2 rings (SSSR count). The Hall–Kier alpha value is -4.48. The fourth-order valence-corrected chi connectivity index (χ4v) is 5.80. The Morgan fingerprint density at radius 1 is 0.527 bits per heavy atom. The summed E-state index contributed by atoms with van der Waals surface area (Å²) < 4.78 is 36.7. The van der Waals surface area contributed by atoms with Gasteiger partial charge < -0.3 is 38.3 Å². The lowest BCUT2D eigenvalue weighted by Crippen LogP contribution is -2.38. The number of benzene rings is 2. The first-order valence-electron chi connectivity index (χ1n) is 19.4. The lowest BCUT2D eigenvalue weighted by Gasteiger charge is -2.23. The summed E-state index contributed by atoms with van der Waals surface area (Å²) in [5.74, 6) is -0.519. The molecule has 0 aliphatic rings. The second-order valence-corrected chi connectivity index (χ2v) is 13.9. The van der Waals surface area contributed by atoms with Crippen LogP contribution in [0.1, 0.15) is 116 Å². The van der Waals surface area contributed by atoms with Gasteiger partial charge in [0, 0.05) is 0 Å². The number of methoxy groups -OCH3 is 5. The number of rotatable bonds is 26. The number of ether oxygens (including phenoxy) is 7. The molecule has 310 valence electrons. The van der Waals surface area contributed by atoms with Gasteiger partial charge in [-0.3, -0.25) is 19.2 Å². The van der Waals surface area contributed by atoms with Crippen molar-refractivity contribution in [2.24, 2.45) is 10.8 Å². The second kappa shape index (κ2) is 26.3. The van der Waals surface area contributed by atoms with Crippen molar-refractivity contribution in [1.82, 2.24) is 0 Å². The largest absolute Gasteiger partial charge is 0.493 e. The summed E-state index contributed by atoms with van der Waals surface area (Å²) in [7, 11) is 6.89. The third-order valence-electron chi connectivity index (χ3n) is 9.67. The van der Waals surface area contributed by atoms with Crippen LogP contribution in [0.5, 0.6) is 23.0 Å². The number of unbranched alkanes of at least 4 members (excludes halogenated alkanes) is 8. The maximum Gasteiger partial charge on any atom is 0.322 e. The summed E-state index contributed by atoms with van der Waals surface area (Å²) in [6, 6.07) is 11.2. The van der Waals surface area contributed by atoms with Crippen LogP contribution in [0.25, 0.3) is 0 Å². The van der Waals surface area contributed by atoms with Gasteiger partial charge in [-0.25, -0.2) is 0 Å². The van der Waals surface area contributed by atoms with Crippen LogP contribution in [0.15, 0.2) is 36.4 Å². The predicted octanol–water partition coefficient (Wildman–Crippen LogP) is 8.57. The molecule has 55 heavy (non-hydrogen) atoms. The highest BCUT2D eigenvalue weighted by Gasteiger charge is 2.43. The summed E-state index contributed by atoms with van der Waals surface area (Å²) in [4.78, 5) is 47.5. The van der Waals surface area contributed by atoms with Crippen LogP contribution in [0.2, 0.25) is 0 Å². The van der Waals surface area contributed by atoms with Crippen molar-refractivity contribution in [2.45, 2.75) is 118 Å². The van der Waals surface area contributed by atoms with Gasteiger partial charge in [-0.2, -0.15) is 0 Å². The summed E-state index contributed by atoms with van der Waals surface area (Å²) in [6.07, 6.45) is 13.0. The first kappa shape index (κ1) is 48.5. The Balaban J connectivity index is 0.000000550. The van der Waals surface area contributed by atoms with Crippen LogP contribution in [0.4, 0.5) is 0 Å². The van der Waals surface area contributed by atoms with Crippen LogP contribution in [-0.4, -0.2) is 77.7 Å². The fraction of sp³-hybridized carbons (Fsp3) is 0.628. The molecule has 0 radical (unpaired) electrons. The topological polar surface area (TPSA) is 153 Å². The molecule has 0 amide bonds. The molecule has 0 aliphatic heterocycles. The molecular weight excluding hydrogens is 708 g/mol. The summed E-state index contributed by atoms with van der Waals surface area (Å²) >= 11 is 0. The Morgan fingerprint density at radius 3 is 1.24 bits per heavy atom. The van der Waals surface area contributed by atoms with Crippen LogP contribution < -0.4 is 18.9 Å². The number of carbonyl (C=O) groups excluding carboxylic acids is 3. The zero-order valence-corrected chi connectivity index (χ0v) is 34.7. The molecule has 12 nitrogen and oxygen atoms in total. The molecule has 1 N–H and O–H groups in total. The van der Waals surface area contributed by atoms with Gasteiger partial charge in [0.15, 0.2) is 33.8 Å². The number of aliphatic carboxylic acids is 1. The monoisotopic (exact) mass is 774 g/mol. The van der Waals surface area contributed by atoms with Gasteiger partial charge in [-0.05, 0) is 87.8 Å². The third kappa shape index (κ3) is 16.0. The van der Waals surface area contributed by atoms with Gasteiger partial charge in [0.25, 0.3) is 0 Å². The van der Waals surface area contributed by atoms with E-state index in [0.717, 1.165) is 36.8 Å². The molecule has 0 bridgehead atoms. The Bertz CT molecular complexity index is 1440. The van der Waals surface area contributed by atoms with E-state index in [1.807, 2.05) is 36.4 Å². The van der Waals surface area contributed by atoms with Crippen LogP contribution in [0, 0.1) is 10.8 Å². The zero-order chi connectivity index (χ0) is 41.3. The van der Waals surface area contributed by atoms with E-state index in [-0.39, 0.29) is 12.8 Å². The number of carbonyl (C=O) groups is 4. The molecule has 12 heteroatoms. The SMILES string of the molecule is CCCCCCCOc1ccc(CCC(C)(C(=O)O)C(=O)OC)cc1OC.CCCCCCCOc1ccc(CCC(C)(C(=O)OC)C(=O)OC)cc1OC. The lowest BCUT2D eigenvalue weighted by molar-refractivity contribution is -0.169.